The Hall–Kier alpha value is -4.37. The van der Waals surface area contributed by atoms with Crippen molar-refractivity contribution in [1.29, 1.82) is 0 Å². The van der Waals surface area contributed by atoms with E-state index in [4.69, 9.17) is 19.2 Å². The first-order valence-electron chi connectivity index (χ1n) is 14.2. The molecule has 0 unspecified atom stereocenters. The number of nitrogens with zero attached hydrogens (tertiary/aromatic N) is 2. The fourth-order valence-electron chi connectivity index (χ4n) is 5.49. The van der Waals surface area contributed by atoms with Crippen molar-refractivity contribution in [3.8, 4) is 17.2 Å². The van der Waals surface area contributed by atoms with Gasteiger partial charge in [0.25, 0.3) is 5.78 Å². The average molecular weight is 585 g/mol. The second-order valence-electron chi connectivity index (χ2n) is 10.6. The number of aryl methyl sites for hydroxylation is 1. The number of anilines is 1. The maximum Gasteiger partial charge on any atom is 0.301 e. The number of Topliss-reactive ketones (excluding diaryl/α,β-unsaturated/α-hetero) is 1. The van der Waals surface area contributed by atoms with E-state index < -0.39 is 17.7 Å². The summed E-state index contributed by atoms with van der Waals surface area (Å²) >= 11 is 1.33. The minimum Gasteiger partial charge on any atom is -0.507 e. The Labute approximate surface area is 248 Å². The van der Waals surface area contributed by atoms with Crippen molar-refractivity contribution in [3.05, 3.63) is 82.4 Å². The summed E-state index contributed by atoms with van der Waals surface area (Å²) in [4.78, 5) is 33.6. The molecule has 0 aliphatic carbocycles. The summed E-state index contributed by atoms with van der Waals surface area (Å²) in [7, 11) is 0. The van der Waals surface area contributed by atoms with Crippen molar-refractivity contribution < 1.29 is 28.9 Å². The molecule has 42 heavy (non-hydrogen) atoms. The number of carbonyl (C=O) groups is 2. The minimum atomic E-state index is -0.936. The zero-order valence-corrected chi connectivity index (χ0v) is 24.8. The molecule has 0 radical (unpaired) electrons. The fraction of sp³-hybridized carbons (Fsp3) is 0.303. The molecule has 9 heteroatoms. The van der Waals surface area contributed by atoms with Crippen molar-refractivity contribution in [2.75, 3.05) is 18.1 Å². The van der Waals surface area contributed by atoms with Crippen LogP contribution in [0.4, 0.5) is 5.13 Å². The van der Waals surface area contributed by atoms with Gasteiger partial charge in [0.05, 0.1) is 35.0 Å². The highest BCUT2D eigenvalue weighted by Gasteiger charge is 2.48. The lowest BCUT2D eigenvalue weighted by Gasteiger charge is -2.24. The van der Waals surface area contributed by atoms with E-state index in [1.807, 2.05) is 52.0 Å². The monoisotopic (exact) mass is 584 g/mol. The van der Waals surface area contributed by atoms with Crippen LogP contribution in [-0.2, 0) is 16.0 Å². The number of hydrogen-bond donors (Lipinski definition) is 1. The van der Waals surface area contributed by atoms with E-state index in [1.165, 1.54) is 16.2 Å². The molecule has 0 bridgehead atoms. The molecule has 2 atom stereocenters. The maximum atomic E-state index is 13.8. The van der Waals surface area contributed by atoms with Crippen molar-refractivity contribution in [2.24, 2.45) is 0 Å². The molecule has 2 aliphatic heterocycles. The molecule has 1 N–H and O–H groups in total. The highest BCUT2D eigenvalue weighted by molar-refractivity contribution is 7.22. The van der Waals surface area contributed by atoms with Gasteiger partial charge in [-0.15, -0.1) is 0 Å². The Morgan fingerprint density at radius 2 is 1.90 bits per heavy atom. The lowest BCUT2D eigenvalue weighted by molar-refractivity contribution is -0.132. The van der Waals surface area contributed by atoms with Gasteiger partial charge in [-0.1, -0.05) is 30.4 Å². The number of ketones is 1. The number of fused-ring (bicyclic) bond motifs is 2. The number of ether oxygens (including phenoxy) is 3. The van der Waals surface area contributed by atoms with Crippen LogP contribution in [-0.4, -0.2) is 41.1 Å². The number of hydrogen-bond acceptors (Lipinski definition) is 8. The summed E-state index contributed by atoms with van der Waals surface area (Å²) in [6.07, 6.45) is 1.54. The van der Waals surface area contributed by atoms with Crippen molar-refractivity contribution in [2.45, 2.75) is 52.7 Å². The van der Waals surface area contributed by atoms with Crippen LogP contribution in [0.5, 0.6) is 17.2 Å². The highest BCUT2D eigenvalue weighted by Crippen LogP contribution is 2.46. The van der Waals surface area contributed by atoms with Gasteiger partial charge in [-0.3, -0.25) is 14.5 Å². The maximum absolute atomic E-state index is 13.8. The van der Waals surface area contributed by atoms with Gasteiger partial charge in [-0.25, -0.2) is 4.98 Å². The third kappa shape index (κ3) is 4.87. The zero-order chi connectivity index (χ0) is 29.5. The molecule has 1 fully saturated rings. The number of rotatable bonds is 8. The first-order chi connectivity index (χ1) is 20.3. The van der Waals surface area contributed by atoms with Crippen molar-refractivity contribution in [3.63, 3.8) is 0 Å². The summed E-state index contributed by atoms with van der Waals surface area (Å²) in [6, 6.07) is 15.6. The highest BCUT2D eigenvalue weighted by atomic mass is 32.1. The number of thiazole rings is 1. The van der Waals surface area contributed by atoms with Crippen LogP contribution in [0.25, 0.3) is 16.0 Å². The Kier molecular flexibility index (Phi) is 7.36. The first-order valence-corrected chi connectivity index (χ1v) is 15.0. The number of amides is 1. The number of aliphatic hydroxyl groups is 1. The van der Waals surface area contributed by atoms with Gasteiger partial charge in [0.1, 0.15) is 17.6 Å². The third-order valence-electron chi connectivity index (χ3n) is 7.40. The lowest BCUT2D eigenvalue weighted by Crippen LogP contribution is -2.29. The molecule has 0 spiro atoms. The number of aliphatic hydroxyl groups excluding tert-OH is 1. The van der Waals surface area contributed by atoms with Crippen LogP contribution in [0.15, 0.2) is 60.2 Å². The molecule has 3 heterocycles. The van der Waals surface area contributed by atoms with Gasteiger partial charge in [0.2, 0.25) is 0 Å². The molecule has 216 valence electrons. The number of aromatic nitrogens is 1. The van der Waals surface area contributed by atoms with Crippen LogP contribution in [0, 0.1) is 6.92 Å². The standard InChI is InChI=1S/C33H32N2O6S/c1-5-13-40-25-12-8-20(17-26(25)39-6-2)29-28(30(36)21-9-11-24-22(16-21)15-19(4)41-24)31(37)32(38)35(29)33-34-23-10-7-18(3)14-27(23)42-33/h7-12,14,16-17,19,29,36H,5-6,13,15H2,1-4H3/t19-,29-/m1/s1. The molecule has 8 nitrogen and oxygen atoms in total. The van der Waals surface area contributed by atoms with Gasteiger partial charge in [-0.05, 0) is 86.3 Å². The number of carbonyl (C=O) groups excluding carboxylic acids is 2. The molecule has 4 aromatic rings. The van der Waals surface area contributed by atoms with Crippen LogP contribution >= 0.6 is 11.3 Å². The molecular weight excluding hydrogens is 552 g/mol. The molecule has 1 aromatic heterocycles. The second kappa shape index (κ2) is 11.1. The largest absolute Gasteiger partial charge is 0.507 e. The Balaban J connectivity index is 1.53. The molecule has 1 amide bonds. The van der Waals surface area contributed by atoms with Crippen LogP contribution in [0.2, 0.25) is 0 Å². The van der Waals surface area contributed by atoms with E-state index in [9.17, 15) is 14.7 Å². The SMILES string of the molecule is CCCOc1ccc([C@@H]2C(=C(O)c3ccc4c(c3)C[C@@H](C)O4)C(=O)C(=O)N2c2nc3ccc(C)cc3s2)cc1OCC. The Morgan fingerprint density at radius 1 is 1.07 bits per heavy atom. The molecule has 3 aromatic carbocycles. The van der Waals surface area contributed by atoms with E-state index >= 15 is 0 Å². The zero-order valence-electron chi connectivity index (χ0n) is 24.0. The van der Waals surface area contributed by atoms with E-state index in [0.717, 1.165) is 33.5 Å². The molecule has 6 rings (SSSR count). The summed E-state index contributed by atoms with van der Waals surface area (Å²) in [5, 5.41) is 12.1. The molecule has 1 saturated heterocycles. The van der Waals surface area contributed by atoms with Gasteiger partial charge >= 0.3 is 5.91 Å². The van der Waals surface area contributed by atoms with Gasteiger partial charge in [0, 0.05) is 12.0 Å². The van der Waals surface area contributed by atoms with Crippen molar-refractivity contribution >= 4 is 44.1 Å². The van der Waals surface area contributed by atoms with Crippen molar-refractivity contribution in [1.82, 2.24) is 4.98 Å². The normalized spacial score (nSPS) is 19.3. The van der Waals surface area contributed by atoms with Crippen LogP contribution in [0.3, 0.4) is 0 Å². The predicted molar refractivity (Wildman–Crippen MR) is 163 cm³/mol. The average Bonchev–Trinajstić information content (AvgIpc) is 3.63. The van der Waals surface area contributed by atoms with Crippen LogP contribution < -0.4 is 19.1 Å². The Bertz CT molecular complexity index is 1740. The molecule has 2 aliphatic rings. The Morgan fingerprint density at radius 3 is 2.69 bits per heavy atom. The molecular formula is C33H32N2O6S. The van der Waals surface area contributed by atoms with Gasteiger partial charge in [-0.2, -0.15) is 0 Å². The van der Waals surface area contributed by atoms with E-state index in [1.54, 1.807) is 30.3 Å². The second-order valence-corrected chi connectivity index (χ2v) is 11.6. The molecule has 0 saturated carbocycles. The third-order valence-corrected chi connectivity index (χ3v) is 8.42. The summed E-state index contributed by atoms with van der Waals surface area (Å²) < 4.78 is 18.5. The summed E-state index contributed by atoms with van der Waals surface area (Å²) in [6.45, 7) is 8.79. The lowest BCUT2D eigenvalue weighted by atomic mass is 9.94. The van der Waals surface area contributed by atoms with E-state index in [2.05, 4.69) is 0 Å². The van der Waals surface area contributed by atoms with Gasteiger partial charge in [0.15, 0.2) is 16.6 Å². The van der Waals surface area contributed by atoms with E-state index in [-0.39, 0.29) is 17.4 Å². The first kappa shape index (κ1) is 27.8. The van der Waals surface area contributed by atoms with Gasteiger partial charge < -0.3 is 19.3 Å². The summed E-state index contributed by atoms with van der Waals surface area (Å²) in [5.74, 6) is 0.0524. The topological polar surface area (TPSA) is 98.2 Å². The minimum absolute atomic E-state index is 0.00738. The predicted octanol–water partition coefficient (Wildman–Crippen LogP) is 6.74. The van der Waals surface area contributed by atoms with E-state index in [0.29, 0.717) is 47.4 Å². The fourth-order valence-corrected chi connectivity index (χ4v) is 6.58. The quantitative estimate of drug-likeness (QED) is 0.139. The summed E-state index contributed by atoms with van der Waals surface area (Å²) in [5.41, 5.74) is 3.77. The smallest absolute Gasteiger partial charge is 0.301 e. The van der Waals surface area contributed by atoms with Crippen LogP contribution in [0.1, 0.15) is 55.5 Å². The number of benzene rings is 3.